The molecule has 29 heavy (non-hydrogen) atoms. The lowest BCUT2D eigenvalue weighted by Gasteiger charge is -2.16. The van der Waals surface area contributed by atoms with Crippen molar-refractivity contribution >= 4 is 15.9 Å². The number of nitrogens with one attached hydrogen (secondary N) is 2. The van der Waals surface area contributed by atoms with Crippen molar-refractivity contribution < 1.29 is 17.9 Å². The predicted molar refractivity (Wildman–Crippen MR) is 113 cm³/mol. The van der Waals surface area contributed by atoms with E-state index in [-0.39, 0.29) is 22.6 Å². The molecule has 1 atom stereocenters. The number of methoxy groups -OCH3 is 1. The fourth-order valence-electron chi connectivity index (χ4n) is 3.54. The number of amides is 1. The predicted octanol–water partition coefficient (Wildman–Crippen LogP) is 3.44. The lowest BCUT2D eigenvalue weighted by molar-refractivity contribution is 0.0936. The van der Waals surface area contributed by atoms with Crippen LogP contribution in [0.2, 0.25) is 0 Å². The van der Waals surface area contributed by atoms with Crippen molar-refractivity contribution in [3.8, 4) is 5.75 Å². The van der Waals surface area contributed by atoms with Crippen molar-refractivity contribution in [2.75, 3.05) is 13.7 Å². The zero-order valence-corrected chi connectivity index (χ0v) is 17.9. The van der Waals surface area contributed by atoms with E-state index in [1.807, 2.05) is 32.0 Å². The highest BCUT2D eigenvalue weighted by Gasteiger charge is 2.26. The fourth-order valence-corrected chi connectivity index (χ4v) is 4.78. The van der Waals surface area contributed by atoms with E-state index in [4.69, 9.17) is 4.74 Å². The molecule has 0 saturated carbocycles. The van der Waals surface area contributed by atoms with Crippen LogP contribution < -0.4 is 14.8 Å². The molecule has 0 bridgehead atoms. The third-order valence-electron chi connectivity index (χ3n) is 5.17. The first kappa shape index (κ1) is 21.3. The highest BCUT2D eigenvalue weighted by atomic mass is 32.2. The van der Waals surface area contributed by atoms with Crippen molar-refractivity contribution in [2.45, 2.75) is 44.0 Å². The summed E-state index contributed by atoms with van der Waals surface area (Å²) in [7, 11) is -2.37. The van der Waals surface area contributed by atoms with Gasteiger partial charge in [0.15, 0.2) is 0 Å². The van der Waals surface area contributed by atoms with Gasteiger partial charge in [-0.3, -0.25) is 4.79 Å². The minimum absolute atomic E-state index is 0.0248. The third-order valence-corrected chi connectivity index (χ3v) is 6.65. The number of rotatable bonds is 8. The fraction of sp³-hybridized carbons (Fsp3) is 0.409. The number of carbonyl (C=O) groups excluding carboxylic acids is 1. The molecule has 0 fully saturated rings. The molecule has 2 N–H and O–H groups in total. The zero-order chi connectivity index (χ0) is 21.0. The SMILES string of the molecule is COc1ccc(C(=O)NC2CCc3ccccc32)cc1S(=O)(=O)NCCC(C)C. The minimum Gasteiger partial charge on any atom is -0.495 e. The maximum Gasteiger partial charge on any atom is 0.251 e. The molecule has 0 aromatic heterocycles. The van der Waals surface area contributed by atoms with Gasteiger partial charge in [0.05, 0.1) is 13.2 Å². The maximum atomic E-state index is 12.8. The van der Waals surface area contributed by atoms with Crippen LogP contribution >= 0.6 is 0 Å². The molecule has 1 aliphatic rings. The summed E-state index contributed by atoms with van der Waals surface area (Å²) in [6, 6.07) is 12.5. The maximum absolute atomic E-state index is 12.8. The van der Waals surface area contributed by atoms with Gasteiger partial charge in [0.25, 0.3) is 5.91 Å². The van der Waals surface area contributed by atoms with E-state index in [9.17, 15) is 13.2 Å². The van der Waals surface area contributed by atoms with Crippen molar-refractivity contribution in [2.24, 2.45) is 5.92 Å². The van der Waals surface area contributed by atoms with Crippen molar-refractivity contribution in [3.05, 3.63) is 59.2 Å². The summed E-state index contributed by atoms with van der Waals surface area (Å²) < 4.78 is 33.3. The number of hydrogen-bond donors (Lipinski definition) is 2. The highest BCUT2D eigenvalue weighted by molar-refractivity contribution is 7.89. The molecular weight excluding hydrogens is 388 g/mol. The summed E-state index contributed by atoms with van der Waals surface area (Å²) >= 11 is 0. The Morgan fingerprint density at radius 1 is 1.21 bits per heavy atom. The molecule has 0 radical (unpaired) electrons. The molecule has 0 aliphatic heterocycles. The van der Waals surface area contributed by atoms with E-state index in [1.54, 1.807) is 6.07 Å². The summed E-state index contributed by atoms with van der Waals surface area (Å²) in [6.07, 6.45) is 2.48. The molecule has 0 spiro atoms. The Hall–Kier alpha value is -2.38. The molecule has 1 aliphatic carbocycles. The van der Waals surface area contributed by atoms with E-state index in [0.717, 1.165) is 24.8 Å². The van der Waals surface area contributed by atoms with Crippen LogP contribution in [0.25, 0.3) is 0 Å². The number of aryl methyl sites for hydroxylation is 1. The van der Waals surface area contributed by atoms with Gasteiger partial charge >= 0.3 is 0 Å². The second-order valence-corrected chi connectivity index (χ2v) is 9.44. The van der Waals surface area contributed by atoms with E-state index in [2.05, 4.69) is 16.1 Å². The molecular formula is C22H28N2O4S. The van der Waals surface area contributed by atoms with Gasteiger partial charge in [-0.1, -0.05) is 38.1 Å². The summed E-state index contributed by atoms with van der Waals surface area (Å²) in [4.78, 5) is 12.8. The average Bonchev–Trinajstić information content (AvgIpc) is 3.10. The van der Waals surface area contributed by atoms with E-state index < -0.39 is 10.0 Å². The number of fused-ring (bicyclic) bond motifs is 1. The van der Waals surface area contributed by atoms with E-state index in [0.29, 0.717) is 18.0 Å². The zero-order valence-electron chi connectivity index (χ0n) is 17.1. The molecule has 0 heterocycles. The summed E-state index contributed by atoms with van der Waals surface area (Å²) in [6.45, 7) is 4.39. The smallest absolute Gasteiger partial charge is 0.251 e. The summed E-state index contributed by atoms with van der Waals surface area (Å²) in [5, 5.41) is 3.03. The van der Waals surface area contributed by atoms with Gasteiger partial charge in [0, 0.05) is 12.1 Å². The molecule has 7 heteroatoms. The second kappa shape index (κ2) is 8.97. The number of hydrogen-bond acceptors (Lipinski definition) is 4. The second-order valence-electron chi connectivity index (χ2n) is 7.71. The van der Waals surface area contributed by atoms with Crippen molar-refractivity contribution in [1.82, 2.24) is 10.0 Å². The standard InChI is InChI=1S/C22H28N2O4S/c1-15(2)12-13-23-29(26,27)21-14-17(9-11-20(21)28-3)22(25)24-19-10-8-16-6-4-5-7-18(16)19/h4-7,9,11,14-15,19,23H,8,10,12-13H2,1-3H3,(H,24,25). The monoisotopic (exact) mass is 416 g/mol. The highest BCUT2D eigenvalue weighted by Crippen LogP contribution is 2.31. The Morgan fingerprint density at radius 3 is 2.69 bits per heavy atom. The average molecular weight is 417 g/mol. The molecule has 3 rings (SSSR count). The van der Waals surface area contributed by atoms with Gasteiger partial charge in [0.2, 0.25) is 10.0 Å². The number of sulfonamides is 1. The van der Waals surface area contributed by atoms with Crippen LogP contribution in [0.4, 0.5) is 0 Å². The normalized spacial score (nSPS) is 15.9. The van der Waals surface area contributed by atoms with Gasteiger partial charge in [0.1, 0.15) is 10.6 Å². The topological polar surface area (TPSA) is 84.5 Å². The first-order chi connectivity index (χ1) is 13.8. The Bertz CT molecular complexity index is 986. The van der Waals surface area contributed by atoms with Crippen LogP contribution in [0.5, 0.6) is 5.75 Å². The molecule has 6 nitrogen and oxygen atoms in total. The number of ether oxygens (including phenoxy) is 1. The van der Waals surface area contributed by atoms with Crippen LogP contribution in [0.1, 0.15) is 54.2 Å². The van der Waals surface area contributed by atoms with Crippen LogP contribution in [0.3, 0.4) is 0 Å². The molecule has 156 valence electrons. The lowest BCUT2D eigenvalue weighted by atomic mass is 10.1. The Kier molecular flexibility index (Phi) is 6.59. The Morgan fingerprint density at radius 2 is 1.97 bits per heavy atom. The molecule has 0 saturated heterocycles. The number of benzene rings is 2. The van der Waals surface area contributed by atoms with Gasteiger partial charge in [-0.05, 0) is 54.5 Å². The van der Waals surface area contributed by atoms with Crippen molar-refractivity contribution in [1.29, 1.82) is 0 Å². The lowest BCUT2D eigenvalue weighted by Crippen LogP contribution is -2.29. The number of carbonyl (C=O) groups is 1. The first-order valence-corrected chi connectivity index (χ1v) is 11.4. The molecule has 1 unspecified atom stereocenters. The van der Waals surface area contributed by atoms with Gasteiger partial charge < -0.3 is 10.1 Å². The quantitative estimate of drug-likeness (QED) is 0.690. The Labute approximate surface area is 172 Å². The Balaban J connectivity index is 1.80. The first-order valence-electron chi connectivity index (χ1n) is 9.88. The van der Waals surface area contributed by atoms with Crippen LogP contribution in [0.15, 0.2) is 47.4 Å². The van der Waals surface area contributed by atoms with E-state index >= 15 is 0 Å². The summed E-state index contributed by atoms with van der Waals surface area (Å²) in [5.74, 6) is 0.295. The molecule has 1 amide bonds. The molecule has 2 aromatic carbocycles. The largest absolute Gasteiger partial charge is 0.495 e. The van der Waals surface area contributed by atoms with Gasteiger partial charge in [-0.2, -0.15) is 0 Å². The molecule has 2 aromatic rings. The van der Waals surface area contributed by atoms with Crippen molar-refractivity contribution in [3.63, 3.8) is 0 Å². The summed E-state index contributed by atoms with van der Waals surface area (Å²) in [5.41, 5.74) is 2.65. The van der Waals surface area contributed by atoms with Crippen LogP contribution in [-0.4, -0.2) is 28.0 Å². The van der Waals surface area contributed by atoms with E-state index in [1.165, 1.54) is 24.8 Å². The van der Waals surface area contributed by atoms with Gasteiger partial charge in [-0.25, -0.2) is 13.1 Å². The van der Waals surface area contributed by atoms with Gasteiger partial charge in [-0.15, -0.1) is 0 Å². The third kappa shape index (κ3) is 4.97. The van der Waals surface area contributed by atoms with Crippen LogP contribution in [-0.2, 0) is 16.4 Å². The van der Waals surface area contributed by atoms with Crippen LogP contribution in [0, 0.1) is 5.92 Å². The minimum atomic E-state index is -3.79.